The predicted octanol–water partition coefficient (Wildman–Crippen LogP) is 1.62. The summed E-state index contributed by atoms with van der Waals surface area (Å²) in [5, 5.41) is 3.62. The van der Waals surface area contributed by atoms with Crippen molar-refractivity contribution in [2.24, 2.45) is 5.16 Å². The molecule has 0 N–H and O–H groups in total. The molecule has 0 aromatic heterocycles. The Morgan fingerprint density at radius 1 is 1.75 bits per heavy atom. The zero-order valence-corrected chi connectivity index (χ0v) is 5.48. The fourth-order valence-electron chi connectivity index (χ4n) is 0.247. The minimum absolute atomic E-state index is 0.687. The zero-order valence-electron chi connectivity index (χ0n) is 5.48. The molecule has 0 aliphatic rings. The van der Waals surface area contributed by atoms with Crippen LogP contribution in [0.15, 0.2) is 5.16 Å². The second kappa shape index (κ2) is 4.62. The Hall–Kier alpha value is -0.530. The lowest BCUT2D eigenvalue weighted by molar-refractivity contribution is 0.145. The summed E-state index contributed by atoms with van der Waals surface area (Å²) in [4.78, 5) is 4.77. The van der Waals surface area contributed by atoms with Crippen molar-refractivity contribution in [2.45, 2.75) is 20.3 Å². The van der Waals surface area contributed by atoms with Crippen LogP contribution in [-0.2, 0) is 4.84 Å². The second-order valence-corrected chi connectivity index (χ2v) is 1.66. The van der Waals surface area contributed by atoms with Crippen LogP contribution in [0.3, 0.4) is 0 Å². The minimum atomic E-state index is 0.687. The molecule has 0 unspecified atom stereocenters. The first-order valence-corrected chi connectivity index (χ1v) is 2.76. The van der Waals surface area contributed by atoms with Crippen LogP contribution in [0.1, 0.15) is 20.3 Å². The Morgan fingerprint density at radius 3 is 2.75 bits per heavy atom. The van der Waals surface area contributed by atoms with Gasteiger partial charge in [-0.3, -0.25) is 0 Å². The summed E-state index contributed by atoms with van der Waals surface area (Å²) < 4.78 is 0. The topological polar surface area (TPSA) is 21.6 Å². The summed E-state index contributed by atoms with van der Waals surface area (Å²) in [7, 11) is 0. The van der Waals surface area contributed by atoms with Gasteiger partial charge in [-0.05, 0) is 20.3 Å². The highest BCUT2D eigenvalue weighted by atomic mass is 16.6. The van der Waals surface area contributed by atoms with Crippen LogP contribution >= 0.6 is 0 Å². The Balaban J connectivity index is 3.03. The molecule has 0 aliphatic carbocycles. The van der Waals surface area contributed by atoms with Crippen molar-refractivity contribution in [3.8, 4) is 0 Å². The lowest BCUT2D eigenvalue weighted by Crippen LogP contribution is -1.87. The van der Waals surface area contributed by atoms with Crippen LogP contribution in [-0.4, -0.2) is 12.3 Å². The van der Waals surface area contributed by atoms with Crippen molar-refractivity contribution in [2.75, 3.05) is 6.61 Å². The molecule has 1 radical (unpaired) electrons. The van der Waals surface area contributed by atoms with Crippen molar-refractivity contribution in [3.63, 3.8) is 0 Å². The average molecular weight is 114 g/mol. The van der Waals surface area contributed by atoms with Gasteiger partial charge in [0, 0.05) is 0 Å². The van der Waals surface area contributed by atoms with Crippen molar-refractivity contribution < 1.29 is 4.84 Å². The van der Waals surface area contributed by atoms with Crippen LogP contribution < -0.4 is 0 Å². The van der Waals surface area contributed by atoms with E-state index in [1.54, 1.807) is 6.92 Å². The molecule has 0 amide bonds. The van der Waals surface area contributed by atoms with Crippen LogP contribution in [0.25, 0.3) is 0 Å². The van der Waals surface area contributed by atoms with Gasteiger partial charge in [-0.2, -0.15) is 0 Å². The third-order valence-electron chi connectivity index (χ3n) is 0.516. The standard InChI is InChI=1S/C6H12NO/c1-4-5-8-7-6(2)3/h2,4-5H2,1,3H3/b7-6-. The maximum Gasteiger partial charge on any atom is 0.116 e. The monoisotopic (exact) mass is 114 g/mol. The molecule has 0 saturated carbocycles. The summed E-state index contributed by atoms with van der Waals surface area (Å²) >= 11 is 0. The summed E-state index contributed by atoms with van der Waals surface area (Å²) in [6.07, 6.45) is 0.997. The van der Waals surface area contributed by atoms with Crippen LogP contribution in [0.4, 0.5) is 0 Å². The van der Waals surface area contributed by atoms with Gasteiger partial charge in [0.1, 0.15) is 6.61 Å². The van der Waals surface area contributed by atoms with Gasteiger partial charge < -0.3 is 4.84 Å². The molecule has 0 fully saturated rings. The van der Waals surface area contributed by atoms with E-state index in [1.807, 2.05) is 6.92 Å². The fraction of sp³-hybridized carbons (Fsp3) is 0.667. The molecule has 2 heteroatoms. The van der Waals surface area contributed by atoms with Gasteiger partial charge >= 0.3 is 0 Å². The van der Waals surface area contributed by atoms with E-state index in [9.17, 15) is 0 Å². The Labute approximate surface area is 50.5 Å². The molecule has 0 bridgehead atoms. The largest absolute Gasteiger partial charge is 0.396 e. The molecule has 0 heterocycles. The number of hydrogen-bond acceptors (Lipinski definition) is 2. The van der Waals surface area contributed by atoms with E-state index in [-0.39, 0.29) is 0 Å². The third-order valence-corrected chi connectivity index (χ3v) is 0.516. The smallest absolute Gasteiger partial charge is 0.116 e. The van der Waals surface area contributed by atoms with Gasteiger partial charge in [0.2, 0.25) is 0 Å². The lowest BCUT2D eigenvalue weighted by atomic mass is 10.5. The van der Waals surface area contributed by atoms with Gasteiger partial charge in [-0.1, -0.05) is 12.1 Å². The second-order valence-electron chi connectivity index (χ2n) is 1.66. The van der Waals surface area contributed by atoms with Crippen LogP contribution in [0.5, 0.6) is 0 Å². The molecule has 2 nitrogen and oxygen atoms in total. The predicted molar refractivity (Wildman–Crippen MR) is 34.7 cm³/mol. The van der Waals surface area contributed by atoms with Crippen molar-refractivity contribution in [1.82, 2.24) is 0 Å². The Kier molecular flexibility index (Phi) is 4.32. The van der Waals surface area contributed by atoms with Gasteiger partial charge in [-0.25, -0.2) is 0 Å². The third kappa shape index (κ3) is 5.47. The molecule has 8 heavy (non-hydrogen) atoms. The molecular weight excluding hydrogens is 102 g/mol. The van der Waals surface area contributed by atoms with Crippen LogP contribution in [0.2, 0.25) is 0 Å². The SMILES string of the molecule is [CH2]/C(C)=N/OCCC. The number of oxime groups is 1. The summed E-state index contributed by atoms with van der Waals surface area (Å²) in [6, 6.07) is 0. The van der Waals surface area contributed by atoms with E-state index >= 15 is 0 Å². The molecule has 0 aromatic carbocycles. The first kappa shape index (κ1) is 7.47. The normalized spacial score (nSPS) is 11.6. The first-order chi connectivity index (χ1) is 3.77. The summed E-state index contributed by atoms with van der Waals surface area (Å²) in [5.41, 5.74) is 0.721. The average Bonchev–Trinajstić information content (AvgIpc) is 1.66. The number of hydrogen-bond donors (Lipinski definition) is 0. The quantitative estimate of drug-likeness (QED) is 0.310. The lowest BCUT2D eigenvalue weighted by Gasteiger charge is -1.93. The van der Waals surface area contributed by atoms with Crippen molar-refractivity contribution >= 4 is 5.71 Å². The van der Waals surface area contributed by atoms with E-state index in [4.69, 9.17) is 4.84 Å². The van der Waals surface area contributed by atoms with Gasteiger partial charge in [0.05, 0.1) is 5.71 Å². The molecule has 47 valence electrons. The first-order valence-electron chi connectivity index (χ1n) is 2.76. The fourth-order valence-corrected chi connectivity index (χ4v) is 0.247. The van der Waals surface area contributed by atoms with Crippen molar-refractivity contribution in [1.29, 1.82) is 0 Å². The summed E-state index contributed by atoms with van der Waals surface area (Å²) in [6.45, 7) is 8.06. The zero-order chi connectivity index (χ0) is 6.41. The van der Waals surface area contributed by atoms with Gasteiger partial charge in [-0.15, -0.1) is 0 Å². The van der Waals surface area contributed by atoms with Gasteiger partial charge in [0.15, 0.2) is 0 Å². The van der Waals surface area contributed by atoms with E-state index in [0.717, 1.165) is 12.1 Å². The number of rotatable bonds is 3. The minimum Gasteiger partial charge on any atom is -0.396 e. The highest BCUT2D eigenvalue weighted by molar-refractivity contribution is 5.85. The summed E-state index contributed by atoms with van der Waals surface area (Å²) in [5.74, 6) is 0. The molecule has 0 rings (SSSR count). The van der Waals surface area contributed by atoms with E-state index in [0.29, 0.717) is 6.61 Å². The van der Waals surface area contributed by atoms with Crippen molar-refractivity contribution in [3.05, 3.63) is 6.92 Å². The molecule has 0 atom stereocenters. The Bertz CT molecular complexity index is 74.6. The Morgan fingerprint density at radius 2 is 2.38 bits per heavy atom. The molecule has 0 aromatic rings. The van der Waals surface area contributed by atoms with Crippen LogP contribution in [0, 0.1) is 6.92 Å². The highest BCUT2D eigenvalue weighted by Crippen LogP contribution is 1.81. The van der Waals surface area contributed by atoms with E-state index in [2.05, 4.69) is 12.1 Å². The van der Waals surface area contributed by atoms with Gasteiger partial charge in [0.25, 0.3) is 0 Å². The van der Waals surface area contributed by atoms with E-state index < -0.39 is 0 Å². The molecule has 0 spiro atoms. The molecular formula is C6H12NO. The number of nitrogens with zero attached hydrogens (tertiary/aromatic N) is 1. The van der Waals surface area contributed by atoms with E-state index in [1.165, 1.54) is 0 Å². The molecule has 0 aliphatic heterocycles. The maximum atomic E-state index is 4.77. The molecule has 0 saturated heterocycles. The maximum absolute atomic E-state index is 4.77. The highest BCUT2D eigenvalue weighted by Gasteiger charge is 1.77.